The lowest BCUT2D eigenvalue weighted by Crippen LogP contribution is -2.15. The molecule has 0 saturated heterocycles. The molecule has 0 unspecified atom stereocenters. The van der Waals surface area contributed by atoms with Crippen LogP contribution in [0.3, 0.4) is 0 Å². The van der Waals surface area contributed by atoms with E-state index in [2.05, 4.69) is 36.4 Å². The Morgan fingerprint density at radius 2 is 2.28 bits per heavy atom. The number of aromatic amines is 1. The summed E-state index contributed by atoms with van der Waals surface area (Å²) in [6.07, 6.45) is 3.46. The highest BCUT2D eigenvalue weighted by atomic mass is 79.9. The van der Waals surface area contributed by atoms with Crippen LogP contribution in [-0.4, -0.2) is 21.7 Å². The van der Waals surface area contributed by atoms with Crippen LogP contribution in [0.25, 0.3) is 0 Å². The number of aromatic nitrogens is 3. The predicted molar refractivity (Wildman–Crippen MR) is 75.6 cm³/mol. The number of halogens is 2. The molecule has 2 aromatic rings. The van der Waals surface area contributed by atoms with Crippen LogP contribution in [0, 0.1) is 0 Å². The molecule has 0 atom stereocenters. The van der Waals surface area contributed by atoms with Crippen molar-refractivity contribution in [3.05, 3.63) is 45.4 Å². The van der Waals surface area contributed by atoms with E-state index in [0.717, 1.165) is 41.3 Å². The molecule has 0 radical (unpaired) electrons. The molecule has 0 spiro atoms. The first-order valence-corrected chi connectivity index (χ1v) is 6.91. The fourth-order valence-corrected chi connectivity index (χ4v) is 2.22. The average molecular weight is 330 g/mol. The molecule has 1 heterocycles. The zero-order valence-corrected chi connectivity index (χ0v) is 12.1. The third kappa shape index (κ3) is 4.08. The Labute approximate surface area is 119 Å². The van der Waals surface area contributed by atoms with Crippen LogP contribution in [0.15, 0.2) is 29.0 Å². The number of hydrogen-bond donors (Lipinski definition) is 2. The first kappa shape index (κ1) is 13.5. The molecule has 0 saturated carbocycles. The molecule has 0 fully saturated rings. The smallest absolute Gasteiger partial charge is 0.137 e. The molecule has 0 aliphatic carbocycles. The third-order valence-electron chi connectivity index (χ3n) is 2.56. The first-order valence-electron chi connectivity index (χ1n) is 5.74. The van der Waals surface area contributed by atoms with E-state index in [4.69, 9.17) is 11.6 Å². The minimum atomic E-state index is 0.761. The maximum Gasteiger partial charge on any atom is 0.137 e. The summed E-state index contributed by atoms with van der Waals surface area (Å²) >= 11 is 9.47. The van der Waals surface area contributed by atoms with Crippen LogP contribution in [-0.2, 0) is 13.0 Å². The lowest BCUT2D eigenvalue weighted by Gasteiger charge is -2.07. The Bertz CT molecular complexity index is 487. The van der Waals surface area contributed by atoms with Crippen molar-refractivity contribution in [1.82, 2.24) is 20.5 Å². The van der Waals surface area contributed by atoms with E-state index < -0.39 is 0 Å². The minimum Gasteiger partial charge on any atom is -0.313 e. The molecule has 96 valence electrons. The Kier molecular flexibility index (Phi) is 5.16. The van der Waals surface area contributed by atoms with Crippen LogP contribution in [0.5, 0.6) is 0 Å². The number of benzene rings is 1. The molecule has 2 rings (SSSR count). The highest BCUT2D eigenvalue weighted by Gasteiger charge is 2.01. The molecule has 6 heteroatoms. The van der Waals surface area contributed by atoms with E-state index in [1.165, 1.54) is 11.9 Å². The van der Waals surface area contributed by atoms with Crippen molar-refractivity contribution in [3.8, 4) is 0 Å². The van der Waals surface area contributed by atoms with E-state index in [1.807, 2.05) is 18.2 Å². The Morgan fingerprint density at radius 1 is 1.39 bits per heavy atom. The molecule has 1 aromatic carbocycles. The van der Waals surface area contributed by atoms with Crippen molar-refractivity contribution in [3.63, 3.8) is 0 Å². The summed E-state index contributed by atoms with van der Waals surface area (Å²) in [5, 5.41) is 10.8. The van der Waals surface area contributed by atoms with E-state index in [-0.39, 0.29) is 0 Å². The number of nitrogens with one attached hydrogen (secondary N) is 2. The minimum absolute atomic E-state index is 0.761. The summed E-state index contributed by atoms with van der Waals surface area (Å²) in [7, 11) is 0. The Morgan fingerprint density at radius 3 is 3.06 bits per heavy atom. The van der Waals surface area contributed by atoms with Gasteiger partial charge in [-0.2, -0.15) is 5.10 Å². The molecule has 2 N–H and O–H groups in total. The third-order valence-corrected chi connectivity index (χ3v) is 3.56. The molecule has 0 bridgehead atoms. The highest BCUT2D eigenvalue weighted by molar-refractivity contribution is 9.10. The summed E-state index contributed by atoms with van der Waals surface area (Å²) in [5.74, 6) is 0.931. The maximum atomic E-state index is 5.96. The summed E-state index contributed by atoms with van der Waals surface area (Å²) in [5.41, 5.74) is 1.17. The molecule has 1 aromatic heterocycles. The van der Waals surface area contributed by atoms with Crippen molar-refractivity contribution in [2.24, 2.45) is 0 Å². The topological polar surface area (TPSA) is 53.6 Å². The Balaban J connectivity index is 1.70. The van der Waals surface area contributed by atoms with Gasteiger partial charge in [0.1, 0.15) is 12.2 Å². The number of hydrogen-bond acceptors (Lipinski definition) is 3. The molecule has 4 nitrogen and oxygen atoms in total. The van der Waals surface area contributed by atoms with Gasteiger partial charge in [0.2, 0.25) is 0 Å². The van der Waals surface area contributed by atoms with Gasteiger partial charge in [-0.3, -0.25) is 5.10 Å². The number of H-pyrrole nitrogens is 1. The fourth-order valence-electron chi connectivity index (χ4n) is 1.63. The standard InChI is InChI=1S/C12H14BrClN4/c13-11-4-3-10(14)6-9(11)7-15-5-1-2-12-16-8-17-18-12/h3-4,6,8,15H,1-2,5,7H2,(H,16,17,18). The molecule has 18 heavy (non-hydrogen) atoms. The largest absolute Gasteiger partial charge is 0.313 e. The zero-order chi connectivity index (χ0) is 12.8. The molecule has 0 aliphatic rings. The van der Waals surface area contributed by atoms with Crippen molar-refractivity contribution in [1.29, 1.82) is 0 Å². The molecular formula is C12H14BrClN4. The van der Waals surface area contributed by atoms with Crippen LogP contribution < -0.4 is 5.32 Å². The molecular weight excluding hydrogens is 316 g/mol. The van der Waals surface area contributed by atoms with Gasteiger partial charge in [-0.05, 0) is 36.7 Å². The second-order valence-electron chi connectivity index (χ2n) is 3.95. The summed E-state index contributed by atoms with van der Waals surface area (Å²) in [6.45, 7) is 1.73. The average Bonchev–Trinajstić information content (AvgIpc) is 2.86. The van der Waals surface area contributed by atoms with Gasteiger partial charge in [-0.1, -0.05) is 27.5 Å². The fraction of sp³-hybridized carbons (Fsp3) is 0.333. The van der Waals surface area contributed by atoms with E-state index >= 15 is 0 Å². The summed E-state index contributed by atoms with van der Waals surface area (Å²) < 4.78 is 1.08. The predicted octanol–water partition coefficient (Wildman–Crippen LogP) is 2.94. The van der Waals surface area contributed by atoms with Crippen molar-refractivity contribution in [2.45, 2.75) is 19.4 Å². The molecule has 0 aliphatic heterocycles. The lowest BCUT2D eigenvalue weighted by molar-refractivity contribution is 0.638. The molecule has 0 amide bonds. The van der Waals surface area contributed by atoms with Crippen LogP contribution in [0.2, 0.25) is 5.02 Å². The second-order valence-corrected chi connectivity index (χ2v) is 5.24. The maximum absolute atomic E-state index is 5.96. The van der Waals surface area contributed by atoms with Crippen LogP contribution in [0.1, 0.15) is 17.8 Å². The number of rotatable bonds is 6. The van der Waals surface area contributed by atoms with Gasteiger partial charge in [0.25, 0.3) is 0 Å². The normalized spacial score (nSPS) is 10.8. The van der Waals surface area contributed by atoms with E-state index in [0.29, 0.717) is 0 Å². The summed E-state index contributed by atoms with van der Waals surface area (Å²) in [6, 6.07) is 5.81. The number of aryl methyl sites for hydroxylation is 1. The number of nitrogens with zero attached hydrogens (tertiary/aromatic N) is 2. The zero-order valence-electron chi connectivity index (χ0n) is 9.79. The SMILES string of the molecule is Clc1ccc(Br)c(CNCCCc2ncn[nH]2)c1. The van der Waals surface area contributed by atoms with E-state index in [9.17, 15) is 0 Å². The van der Waals surface area contributed by atoms with Crippen molar-refractivity contribution in [2.75, 3.05) is 6.54 Å². The van der Waals surface area contributed by atoms with Gasteiger partial charge in [0.15, 0.2) is 0 Å². The monoisotopic (exact) mass is 328 g/mol. The van der Waals surface area contributed by atoms with Crippen LogP contribution >= 0.6 is 27.5 Å². The van der Waals surface area contributed by atoms with Crippen LogP contribution in [0.4, 0.5) is 0 Å². The van der Waals surface area contributed by atoms with Gasteiger partial charge < -0.3 is 5.32 Å². The van der Waals surface area contributed by atoms with E-state index in [1.54, 1.807) is 0 Å². The quantitative estimate of drug-likeness (QED) is 0.801. The first-order chi connectivity index (χ1) is 8.75. The summed E-state index contributed by atoms with van der Waals surface area (Å²) in [4.78, 5) is 4.08. The van der Waals surface area contributed by atoms with Crippen molar-refractivity contribution >= 4 is 27.5 Å². The van der Waals surface area contributed by atoms with Gasteiger partial charge in [-0.15, -0.1) is 0 Å². The van der Waals surface area contributed by atoms with Gasteiger partial charge >= 0.3 is 0 Å². The second kappa shape index (κ2) is 6.87. The van der Waals surface area contributed by atoms with Crippen molar-refractivity contribution < 1.29 is 0 Å². The van der Waals surface area contributed by atoms with Gasteiger partial charge in [0.05, 0.1) is 0 Å². The van der Waals surface area contributed by atoms with Gasteiger partial charge in [0, 0.05) is 22.5 Å². The lowest BCUT2D eigenvalue weighted by atomic mass is 10.2. The Hall–Kier alpha value is -0.910. The van der Waals surface area contributed by atoms with Gasteiger partial charge in [-0.25, -0.2) is 4.98 Å². The highest BCUT2D eigenvalue weighted by Crippen LogP contribution is 2.20.